The molecule has 1 saturated carbocycles. The quantitative estimate of drug-likeness (QED) is 0.808. The Morgan fingerprint density at radius 3 is 2.52 bits per heavy atom. The molecule has 2 rings (SSSR count). The summed E-state index contributed by atoms with van der Waals surface area (Å²) in [4.78, 5) is 0.299. The molecule has 0 bridgehead atoms. The molecule has 118 valence electrons. The second-order valence-electron chi connectivity index (χ2n) is 5.60. The lowest BCUT2D eigenvalue weighted by Gasteiger charge is -2.41. The van der Waals surface area contributed by atoms with Gasteiger partial charge >= 0.3 is 0 Å². The number of nitrogens with one attached hydrogen (secondary N) is 2. The predicted molar refractivity (Wildman–Crippen MR) is 83.0 cm³/mol. The van der Waals surface area contributed by atoms with E-state index in [-0.39, 0.29) is 5.54 Å². The summed E-state index contributed by atoms with van der Waals surface area (Å²) in [5.74, 6) is 0.692. The van der Waals surface area contributed by atoms with Gasteiger partial charge in [-0.3, -0.25) is 0 Å². The molecule has 0 spiro atoms. The first kappa shape index (κ1) is 16.3. The van der Waals surface area contributed by atoms with E-state index in [9.17, 15) is 8.42 Å². The number of methoxy groups -OCH3 is 1. The highest BCUT2D eigenvalue weighted by Gasteiger charge is 2.39. The molecular formula is C15H24N2O3S. The van der Waals surface area contributed by atoms with E-state index in [1.54, 1.807) is 25.3 Å². The van der Waals surface area contributed by atoms with Crippen LogP contribution in [-0.2, 0) is 16.6 Å². The van der Waals surface area contributed by atoms with E-state index in [0.717, 1.165) is 31.2 Å². The van der Waals surface area contributed by atoms with Crippen molar-refractivity contribution >= 4 is 10.0 Å². The van der Waals surface area contributed by atoms with Crippen LogP contribution < -0.4 is 14.8 Å². The van der Waals surface area contributed by atoms with Crippen LogP contribution in [0.3, 0.4) is 0 Å². The van der Waals surface area contributed by atoms with Gasteiger partial charge in [0.05, 0.1) is 12.0 Å². The first-order chi connectivity index (χ1) is 9.96. The molecule has 1 aliphatic carbocycles. The molecule has 1 aliphatic rings. The Morgan fingerprint density at radius 2 is 2.05 bits per heavy atom. The lowest BCUT2D eigenvalue weighted by Crippen LogP contribution is -2.52. The third kappa shape index (κ3) is 3.39. The molecule has 0 amide bonds. The van der Waals surface area contributed by atoms with Gasteiger partial charge in [-0.25, -0.2) is 13.1 Å². The van der Waals surface area contributed by atoms with Crippen molar-refractivity contribution in [1.82, 2.24) is 10.0 Å². The maximum atomic E-state index is 12.6. The number of hydrogen-bond acceptors (Lipinski definition) is 4. The van der Waals surface area contributed by atoms with E-state index in [4.69, 9.17) is 4.74 Å². The van der Waals surface area contributed by atoms with Gasteiger partial charge < -0.3 is 10.1 Å². The molecule has 0 atom stereocenters. The minimum Gasteiger partial charge on any atom is -0.496 e. The Labute approximate surface area is 127 Å². The summed E-state index contributed by atoms with van der Waals surface area (Å²) in [6, 6.07) is 4.99. The molecule has 0 heterocycles. The molecule has 1 fully saturated rings. The zero-order valence-corrected chi connectivity index (χ0v) is 13.7. The molecule has 0 radical (unpaired) electrons. The monoisotopic (exact) mass is 312 g/mol. The van der Waals surface area contributed by atoms with Gasteiger partial charge in [0.1, 0.15) is 5.75 Å². The van der Waals surface area contributed by atoms with E-state index in [2.05, 4.69) is 10.0 Å². The van der Waals surface area contributed by atoms with Crippen LogP contribution in [0.2, 0.25) is 0 Å². The van der Waals surface area contributed by atoms with Crippen molar-refractivity contribution in [2.24, 2.45) is 0 Å². The number of rotatable bonds is 7. The van der Waals surface area contributed by atoms with Crippen molar-refractivity contribution in [3.8, 4) is 5.75 Å². The minimum absolute atomic E-state index is 0.248. The Hall–Kier alpha value is -1.11. The third-order valence-electron chi connectivity index (χ3n) is 4.27. The van der Waals surface area contributed by atoms with Crippen LogP contribution in [0.5, 0.6) is 5.75 Å². The van der Waals surface area contributed by atoms with Gasteiger partial charge in [-0.2, -0.15) is 0 Å². The highest BCUT2D eigenvalue weighted by molar-refractivity contribution is 7.89. The normalized spacial score (nSPS) is 17.3. The van der Waals surface area contributed by atoms with Crippen LogP contribution in [-0.4, -0.2) is 28.1 Å². The largest absolute Gasteiger partial charge is 0.496 e. The highest BCUT2D eigenvalue weighted by atomic mass is 32.2. The Balaban J connectivity index is 2.29. The first-order valence-corrected chi connectivity index (χ1v) is 8.80. The van der Waals surface area contributed by atoms with Gasteiger partial charge in [0, 0.05) is 17.6 Å². The molecule has 1 aromatic carbocycles. The Bertz CT molecular complexity index is 589. The molecule has 1 aromatic rings. The van der Waals surface area contributed by atoms with E-state index in [0.29, 0.717) is 17.2 Å². The molecule has 21 heavy (non-hydrogen) atoms. The number of ether oxygens (including phenoxy) is 1. The zero-order chi connectivity index (χ0) is 15.5. The Morgan fingerprint density at radius 1 is 1.33 bits per heavy atom. The topological polar surface area (TPSA) is 67.4 Å². The van der Waals surface area contributed by atoms with Crippen LogP contribution in [0, 0.1) is 0 Å². The fraction of sp³-hybridized carbons (Fsp3) is 0.600. The standard InChI is InChI=1S/C15H24N2O3S/c1-4-15(8-5-9-15)17-21(18,19)13-6-7-14(20-3)12(10-13)11-16-2/h6-7,10,16-17H,4-5,8-9,11H2,1-3H3. The van der Waals surface area contributed by atoms with E-state index in [1.807, 2.05) is 14.0 Å². The summed E-state index contributed by atoms with van der Waals surface area (Å²) in [6.07, 6.45) is 3.75. The average molecular weight is 312 g/mol. The molecule has 5 nitrogen and oxygen atoms in total. The molecule has 0 aliphatic heterocycles. The first-order valence-electron chi connectivity index (χ1n) is 7.32. The van der Waals surface area contributed by atoms with Crippen LogP contribution in [0.25, 0.3) is 0 Å². The Kier molecular flexibility index (Phi) is 4.91. The van der Waals surface area contributed by atoms with Crippen molar-refractivity contribution in [1.29, 1.82) is 0 Å². The fourth-order valence-electron chi connectivity index (χ4n) is 2.73. The van der Waals surface area contributed by atoms with Crippen LogP contribution in [0.4, 0.5) is 0 Å². The van der Waals surface area contributed by atoms with E-state index < -0.39 is 10.0 Å². The maximum Gasteiger partial charge on any atom is 0.241 e. The van der Waals surface area contributed by atoms with Gasteiger partial charge in [-0.1, -0.05) is 6.92 Å². The maximum absolute atomic E-state index is 12.6. The van der Waals surface area contributed by atoms with Gasteiger partial charge in [0.15, 0.2) is 0 Å². The van der Waals surface area contributed by atoms with Crippen LogP contribution >= 0.6 is 0 Å². The number of sulfonamides is 1. The smallest absolute Gasteiger partial charge is 0.241 e. The predicted octanol–water partition coefficient (Wildman–Crippen LogP) is 2.03. The van der Waals surface area contributed by atoms with Gasteiger partial charge in [-0.15, -0.1) is 0 Å². The zero-order valence-electron chi connectivity index (χ0n) is 12.9. The summed E-state index contributed by atoms with van der Waals surface area (Å²) in [5.41, 5.74) is 0.587. The molecule has 0 saturated heterocycles. The highest BCUT2D eigenvalue weighted by Crippen LogP contribution is 2.36. The summed E-state index contributed by atoms with van der Waals surface area (Å²) < 4.78 is 33.3. The number of benzene rings is 1. The minimum atomic E-state index is -3.49. The average Bonchev–Trinajstić information content (AvgIpc) is 2.43. The molecular weight excluding hydrogens is 288 g/mol. The van der Waals surface area contributed by atoms with Gasteiger partial charge in [-0.05, 0) is 50.9 Å². The van der Waals surface area contributed by atoms with Crippen LogP contribution in [0.1, 0.15) is 38.2 Å². The second kappa shape index (κ2) is 6.34. The summed E-state index contributed by atoms with van der Waals surface area (Å²) in [5, 5.41) is 3.02. The van der Waals surface area contributed by atoms with E-state index in [1.165, 1.54) is 0 Å². The van der Waals surface area contributed by atoms with Crippen molar-refractivity contribution in [3.05, 3.63) is 23.8 Å². The van der Waals surface area contributed by atoms with Crippen molar-refractivity contribution in [2.75, 3.05) is 14.2 Å². The fourth-order valence-corrected chi connectivity index (χ4v) is 4.31. The second-order valence-corrected chi connectivity index (χ2v) is 7.28. The summed E-state index contributed by atoms with van der Waals surface area (Å²) in [6.45, 7) is 2.59. The van der Waals surface area contributed by atoms with Crippen LogP contribution in [0.15, 0.2) is 23.1 Å². The molecule has 0 unspecified atom stereocenters. The summed E-state index contributed by atoms with van der Waals surface area (Å²) >= 11 is 0. The number of hydrogen-bond donors (Lipinski definition) is 2. The lowest BCUT2D eigenvalue weighted by molar-refractivity contribution is 0.214. The van der Waals surface area contributed by atoms with Gasteiger partial charge in [0.25, 0.3) is 0 Å². The third-order valence-corrected chi connectivity index (χ3v) is 5.84. The van der Waals surface area contributed by atoms with Crippen molar-refractivity contribution in [2.45, 2.75) is 49.6 Å². The molecule has 0 aromatic heterocycles. The SMILES string of the molecule is CCC1(NS(=O)(=O)c2ccc(OC)c(CNC)c2)CCC1. The lowest BCUT2D eigenvalue weighted by atomic mass is 9.76. The molecule has 2 N–H and O–H groups in total. The van der Waals surface area contributed by atoms with E-state index >= 15 is 0 Å². The summed E-state index contributed by atoms with van der Waals surface area (Å²) in [7, 11) is -0.0866. The molecule has 6 heteroatoms. The van der Waals surface area contributed by atoms with Gasteiger partial charge in [0.2, 0.25) is 10.0 Å². The van der Waals surface area contributed by atoms with Crippen molar-refractivity contribution < 1.29 is 13.2 Å². The van der Waals surface area contributed by atoms with Crippen molar-refractivity contribution in [3.63, 3.8) is 0 Å².